The van der Waals surface area contributed by atoms with Crippen molar-refractivity contribution >= 4 is 34.6 Å². The topological polar surface area (TPSA) is 48.5 Å². The zero-order valence-electron chi connectivity index (χ0n) is 9.69. The summed E-state index contributed by atoms with van der Waals surface area (Å²) in [6, 6.07) is 3.73. The Hall–Kier alpha value is -0.890. The number of pyridine rings is 1. The van der Waals surface area contributed by atoms with E-state index in [9.17, 15) is 4.79 Å². The lowest BCUT2D eigenvalue weighted by Crippen LogP contribution is -2.42. The first kappa shape index (κ1) is 12.6. The van der Waals surface area contributed by atoms with Gasteiger partial charge in [-0.25, -0.2) is 8.10 Å². The molecule has 1 aliphatic heterocycles. The van der Waals surface area contributed by atoms with Gasteiger partial charge in [0.2, 0.25) is 0 Å². The van der Waals surface area contributed by atoms with Gasteiger partial charge < -0.3 is 10.2 Å². The maximum absolute atomic E-state index is 11.4. The number of rotatable bonds is 2. The van der Waals surface area contributed by atoms with Gasteiger partial charge in [-0.3, -0.25) is 4.79 Å². The van der Waals surface area contributed by atoms with Crippen LogP contribution < -0.4 is 10.2 Å². The highest BCUT2D eigenvalue weighted by Crippen LogP contribution is 2.15. The van der Waals surface area contributed by atoms with Gasteiger partial charge in [0.15, 0.2) is 0 Å². The Labute approximate surface area is 115 Å². The smallest absolute Gasteiger partial charge is 0.252 e. The number of hydrogen-bond donors (Lipinski definition) is 1. The Kier molecular flexibility index (Phi) is 4.16. The molecule has 2 heterocycles. The van der Waals surface area contributed by atoms with E-state index in [1.54, 1.807) is 13.2 Å². The first-order chi connectivity index (χ1) is 8.20. The van der Waals surface area contributed by atoms with Gasteiger partial charge in [0.25, 0.3) is 5.91 Å². The molecule has 1 fully saturated rings. The van der Waals surface area contributed by atoms with Crippen LogP contribution in [0.15, 0.2) is 18.3 Å². The molecule has 2 rings (SSSR count). The molecule has 0 bridgehead atoms. The average molecular weight is 346 g/mol. The number of amides is 1. The summed E-state index contributed by atoms with van der Waals surface area (Å²) in [5.74, 6) is 0.850. The molecule has 1 saturated heterocycles. The number of halogens is 1. The minimum atomic E-state index is -0.0962. The van der Waals surface area contributed by atoms with Crippen LogP contribution in [0.4, 0.5) is 5.82 Å². The summed E-state index contributed by atoms with van der Waals surface area (Å²) in [5, 5.41) is 2.59. The third-order valence-corrected chi connectivity index (χ3v) is 3.75. The molecule has 1 aliphatic rings. The Morgan fingerprint density at radius 2 is 2.06 bits per heavy atom. The second-order valence-electron chi connectivity index (χ2n) is 3.88. The number of nitrogens with zero attached hydrogens (tertiary/aromatic N) is 3. The van der Waals surface area contributed by atoms with Gasteiger partial charge in [-0.1, -0.05) is 0 Å². The van der Waals surface area contributed by atoms with Crippen LogP contribution in [-0.4, -0.2) is 47.2 Å². The largest absolute Gasteiger partial charge is 0.355 e. The Morgan fingerprint density at radius 1 is 1.35 bits per heavy atom. The van der Waals surface area contributed by atoms with Gasteiger partial charge >= 0.3 is 0 Å². The summed E-state index contributed by atoms with van der Waals surface area (Å²) in [6.07, 6.45) is 1.63. The quantitative estimate of drug-likeness (QED) is 0.639. The van der Waals surface area contributed by atoms with Crippen LogP contribution in [-0.2, 0) is 0 Å². The molecule has 5 nitrogen and oxygen atoms in total. The zero-order chi connectivity index (χ0) is 12.3. The highest BCUT2D eigenvalue weighted by atomic mass is 127. The van der Waals surface area contributed by atoms with Gasteiger partial charge in [-0.2, -0.15) is 0 Å². The van der Waals surface area contributed by atoms with Crippen LogP contribution in [0.5, 0.6) is 0 Å². The molecule has 1 N–H and O–H groups in total. The normalized spacial score (nSPS) is 16.9. The minimum absolute atomic E-state index is 0.0962. The second kappa shape index (κ2) is 5.63. The number of carbonyl (C=O) groups is 1. The van der Waals surface area contributed by atoms with Crippen molar-refractivity contribution in [3.8, 4) is 0 Å². The van der Waals surface area contributed by atoms with Crippen molar-refractivity contribution in [1.29, 1.82) is 0 Å². The summed E-state index contributed by atoms with van der Waals surface area (Å²) < 4.78 is 2.27. The summed E-state index contributed by atoms with van der Waals surface area (Å²) >= 11 is 2.34. The van der Waals surface area contributed by atoms with E-state index in [1.165, 1.54) is 0 Å². The fourth-order valence-electron chi connectivity index (χ4n) is 1.76. The van der Waals surface area contributed by atoms with Crippen LogP contribution in [0.25, 0.3) is 0 Å². The van der Waals surface area contributed by atoms with E-state index in [-0.39, 0.29) is 5.91 Å². The van der Waals surface area contributed by atoms with Crippen molar-refractivity contribution in [3.05, 3.63) is 23.9 Å². The Bertz CT molecular complexity index is 387. The molecule has 0 aliphatic carbocycles. The number of hydrogen-bond acceptors (Lipinski definition) is 4. The van der Waals surface area contributed by atoms with Gasteiger partial charge in [0.1, 0.15) is 5.82 Å². The minimum Gasteiger partial charge on any atom is -0.355 e. The summed E-state index contributed by atoms with van der Waals surface area (Å²) in [6.45, 7) is 4.05. The van der Waals surface area contributed by atoms with E-state index in [0.29, 0.717) is 5.56 Å². The molecule has 1 aromatic heterocycles. The number of nitrogens with one attached hydrogen (secondary N) is 1. The number of anilines is 1. The highest BCUT2D eigenvalue weighted by Gasteiger charge is 2.16. The molecule has 0 aromatic carbocycles. The molecule has 0 atom stereocenters. The van der Waals surface area contributed by atoms with Crippen molar-refractivity contribution in [2.24, 2.45) is 0 Å². The fraction of sp³-hybridized carbons (Fsp3) is 0.455. The van der Waals surface area contributed by atoms with Crippen molar-refractivity contribution in [1.82, 2.24) is 13.4 Å². The first-order valence-corrected chi connectivity index (χ1v) is 6.51. The summed E-state index contributed by atoms with van der Waals surface area (Å²) in [7, 11) is 1.62. The van der Waals surface area contributed by atoms with E-state index in [0.717, 1.165) is 32.0 Å². The van der Waals surface area contributed by atoms with E-state index in [2.05, 4.69) is 41.2 Å². The van der Waals surface area contributed by atoms with E-state index >= 15 is 0 Å². The molecule has 6 heteroatoms. The number of aromatic nitrogens is 1. The maximum Gasteiger partial charge on any atom is 0.252 e. The van der Waals surface area contributed by atoms with Crippen LogP contribution in [0.2, 0.25) is 0 Å². The zero-order valence-corrected chi connectivity index (χ0v) is 11.8. The van der Waals surface area contributed by atoms with Crippen molar-refractivity contribution in [3.63, 3.8) is 0 Å². The van der Waals surface area contributed by atoms with E-state index in [4.69, 9.17) is 0 Å². The maximum atomic E-state index is 11.4. The summed E-state index contributed by atoms with van der Waals surface area (Å²) in [4.78, 5) is 18.0. The molecule has 0 radical (unpaired) electrons. The SMILES string of the molecule is CNC(=O)c1ccc(N2CCN(I)CC2)nc1. The predicted molar refractivity (Wildman–Crippen MR) is 75.4 cm³/mol. The van der Waals surface area contributed by atoms with E-state index < -0.39 is 0 Å². The van der Waals surface area contributed by atoms with Gasteiger partial charge in [0, 0.05) is 62.3 Å². The van der Waals surface area contributed by atoms with Gasteiger partial charge in [-0.15, -0.1) is 0 Å². The van der Waals surface area contributed by atoms with Crippen molar-refractivity contribution in [2.75, 3.05) is 38.1 Å². The van der Waals surface area contributed by atoms with Crippen molar-refractivity contribution < 1.29 is 4.79 Å². The molecule has 0 spiro atoms. The number of carbonyl (C=O) groups excluding carboxylic acids is 1. The third kappa shape index (κ3) is 3.06. The van der Waals surface area contributed by atoms with Crippen LogP contribution in [0.3, 0.4) is 0 Å². The number of piperazine rings is 1. The van der Waals surface area contributed by atoms with Gasteiger partial charge in [-0.05, 0) is 12.1 Å². The molecule has 1 aromatic rings. The second-order valence-corrected chi connectivity index (χ2v) is 5.25. The average Bonchev–Trinajstić information content (AvgIpc) is 2.39. The molecular weight excluding hydrogens is 331 g/mol. The molecule has 92 valence electrons. The van der Waals surface area contributed by atoms with Crippen LogP contribution >= 0.6 is 22.9 Å². The molecule has 0 unspecified atom stereocenters. The molecule has 0 saturated carbocycles. The lowest BCUT2D eigenvalue weighted by atomic mass is 10.2. The lowest BCUT2D eigenvalue weighted by molar-refractivity contribution is 0.0963. The van der Waals surface area contributed by atoms with E-state index in [1.807, 2.05) is 12.1 Å². The standard InChI is InChI=1S/C11H15IN4O/c1-13-11(17)9-2-3-10(14-8-9)15-4-6-16(12)7-5-15/h2-3,8H,4-7H2,1H3,(H,13,17). The van der Waals surface area contributed by atoms with Crippen LogP contribution in [0, 0.1) is 0 Å². The first-order valence-electron chi connectivity index (χ1n) is 5.54. The monoisotopic (exact) mass is 346 g/mol. The van der Waals surface area contributed by atoms with Crippen molar-refractivity contribution in [2.45, 2.75) is 0 Å². The molecular formula is C11H15IN4O. The fourth-order valence-corrected chi connectivity index (χ4v) is 2.19. The molecule has 17 heavy (non-hydrogen) atoms. The van der Waals surface area contributed by atoms with Gasteiger partial charge in [0.05, 0.1) is 5.56 Å². The predicted octanol–water partition coefficient (Wildman–Crippen LogP) is 0.913. The third-order valence-electron chi connectivity index (χ3n) is 2.79. The Morgan fingerprint density at radius 3 is 2.59 bits per heavy atom. The summed E-state index contributed by atoms with van der Waals surface area (Å²) in [5.41, 5.74) is 0.601. The lowest BCUT2D eigenvalue weighted by Gasteiger charge is -2.32. The Balaban J connectivity index is 2.05. The molecule has 1 amide bonds. The highest BCUT2D eigenvalue weighted by molar-refractivity contribution is 14.1. The van der Waals surface area contributed by atoms with Crippen LogP contribution in [0.1, 0.15) is 10.4 Å².